The van der Waals surface area contributed by atoms with E-state index in [-0.39, 0.29) is 12.5 Å². The molecule has 1 amide bonds. The molecular weight excluding hydrogens is 450 g/mol. The van der Waals surface area contributed by atoms with E-state index in [0.29, 0.717) is 27.8 Å². The SMILES string of the molecule is Cn1nc(-c2ccncc2)c(COc2ccccc2C(=O)Nc2cnc3ccccc3c2)c1Cl. The summed E-state index contributed by atoms with van der Waals surface area (Å²) in [5, 5.41) is 8.85. The largest absolute Gasteiger partial charge is 0.488 e. The minimum Gasteiger partial charge on any atom is -0.488 e. The van der Waals surface area contributed by atoms with E-state index in [2.05, 4.69) is 20.4 Å². The summed E-state index contributed by atoms with van der Waals surface area (Å²) in [6, 6.07) is 20.4. The topological polar surface area (TPSA) is 81.9 Å². The van der Waals surface area contributed by atoms with Crippen LogP contribution in [0.25, 0.3) is 22.2 Å². The predicted octanol–water partition coefficient (Wildman–Crippen LogP) is 5.52. The van der Waals surface area contributed by atoms with Crippen molar-refractivity contribution in [2.45, 2.75) is 6.61 Å². The van der Waals surface area contributed by atoms with Crippen molar-refractivity contribution in [3.05, 3.63) is 102 Å². The van der Waals surface area contributed by atoms with Crippen molar-refractivity contribution in [1.82, 2.24) is 19.7 Å². The van der Waals surface area contributed by atoms with Gasteiger partial charge in [-0.15, -0.1) is 0 Å². The van der Waals surface area contributed by atoms with Gasteiger partial charge in [0, 0.05) is 30.4 Å². The zero-order valence-electron chi connectivity index (χ0n) is 18.3. The quantitative estimate of drug-likeness (QED) is 0.354. The summed E-state index contributed by atoms with van der Waals surface area (Å²) in [4.78, 5) is 21.5. The maximum atomic E-state index is 13.1. The number of hydrogen-bond acceptors (Lipinski definition) is 5. The van der Waals surface area contributed by atoms with Crippen LogP contribution in [0.5, 0.6) is 5.75 Å². The van der Waals surface area contributed by atoms with E-state index < -0.39 is 0 Å². The molecule has 34 heavy (non-hydrogen) atoms. The third-order valence-electron chi connectivity index (χ3n) is 5.37. The number of para-hydroxylation sites is 2. The fourth-order valence-corrected chi connectivity index (χ4v) is 3.87. The number of hydrogen-bond donors (Lipinski definition) is 1. The van der Waals surface area contributed by atoms with Gasteiger partial charge in [-0.25, -0.2) is 0 Å². The van der Waals surface area contributed by atoms with E-state index in [9.17, 15) is 4.79 Å². The fourth-order valence-electron chi connectivity index (χ4n) is 3.68. The van der Waals surface area contributed by atoms with Crippen LogP contribution in [0.15, 0.2) is 85.3 Å². The Labute approximate surface area is 201 Å². The molecule has 2 aromatic carbocycles. The monoisotopic (exact) mass is 469 g/mol. The lowest BCUT2D eigenvalue weighted by Crippen LogP contribution is -2.14. The predicted molar refractivity (Wildman–Crippen MR) is 132 cm³/mol. The molecule has 0 spiro atoms. The molecular formula is C26H20ClN5O2. The van der Waals surface area contributed by atoms with Gasteiger partial charge in [0.05, 0.1) is 28.5 Å². The van der Waals surface area contributed by atoms with Crippen LogP contribution in [-0.4, -0.2) is 25.7 Å². The highest BCUT2D eigenvalue weighted by Gasteiger charge is 2.19. The minimum atomic E-state index is -0.292. The molecule has 0 atom stereocenters. The number of ether oxygens (including phenoxy) is 1. The third-order valence-corrected chi connectivity index (χ3v) is 5.85. The smallest absolute Gasteiger partial charge is 0.259 e. The Bertz CT molecular complexity index is 1480. The first-order valence-corrected chi connectivity index (χ1v) is 11.0. The van der Waals surface area contributed by atoms with Gasteiger partial charge in [0.1, 0.15) is 23.2 Å². The second-order valence-corrected chi connectivity index (χ2v) is 7.99. The van der Waals surface area contributed by atoms with Crippen LogP contribution in [0.2, 0.25) is 5.15 Å². The van der Waals surface area contributed by atoms with Gasteiger partial charge in [0.2, 0.25) is 0 Å². The molecule has 8 heteroatoms. The highest BCUT2D eigenvalue weighted by molar-refractivity contribution is 6.30. The average Bonchev–Trinajstić information content (AvgIpc) is 3.16. The molecule has 0 saturated carbocycles. The Kier molecular flexibility index (Phi) is 5.93. The first-order chi connectivity index (χ1) is 16.6. The molecule has 0 aliphatic carbocycles. The van der Waals surface area contributed by atoms with Crippen LogP contribution in [0.1, 0.15) is 15.9 Å². The van der Waals surface area contributed by atoms with Crippen LogP contribution in [0.3, 0.4) is 0 Å². The zero-order chi connectivity index (χ0) is 23.5. The molecule has 3 heterocycles. The number of amides is 1. The van der Waals surface area contributed by atoms with Crippen LogP contribution in [0.4, 0.5) is 5.69 Å². The maximum absolute atomic E-state index is 13.1. The Hall–Kier alpha value is -4.23. The molecule has 1 N–H and O–H groups in total. The lowest BCUT2D eigenvalue weighted by Gasteiger charge is -2.12. The van der Waals surface area contributed by atoms with Gasteiger partial charge in [0.25, 0.3) is 5.91 Å². The average molecular weight is 470 g/mol. The number of carbonyl (C=O) groups excluding carboxylic acids is 1. The van der Waals surface area contributed by atoms with Crippen molar-refractivity contribution < 1.29 is 9.53 Å². The van der Waals surface area contributed by atoms with Crippen molar-refractivity contribution in [2.75, 3.05) is 5.32 Å². The zero-order valence-corrected chi connectivity index (χ0v) is 19.0. The third kappa shape index (κ3) is 4.33. The number of nitrogens with one attached hydrogen (secondary N) is 1. The molecule has 0 bridgehead atoms. The fraction of sp³-hybridized carbons (Fsp3) is 0.0769. The number of aromatic nitrogens is 4. The van der Waals surface area contributed by atoms with Crippen molar-refractivity contribution >= 4 is 34.1 Å². The van der Waals surface area contributed by atoms with Gasteiger partial charge in [-0.1, -0.05) is 41.9 Å². The summed E-state index contributed by atoms with van der Waals surface area (Å²) in [5.41, 5.74) is 4.19. The molecule has 7 nitrogen and oxygen atoms in total. The summed E-state index contributed by atoms with van der Waals surface area (Å²) < 4.78 is 7.68. The molecule has 0 aliphatic rings. The van der Waals surface area contributed by atoms with E-state index >= 15 is 0 Å². The van der Waals surface area contributed by atoms with E-state index in [4.69, 9.17) is 16.3 Å². The van der Waals surface area contributed by atoms with Crippen LogP contribution in [0, 0.1) is 0 Å². The first kappa shape index (κ1) is 21.6. The van der Waals surface area contributed by atoms with Crippen molar-refractivity contribution in [1.29, 1.82) is 0 Å². The molecule has 0 radical (unpaired) electrons. The summed E-state index contributed by atoms with van der Waals surface area (Å²) >= 11 is 6.51. The number of aryl methyl sites for hydroxylation is 1. The maximum Gasteiger partial charge on any atom is 0.259 e. The van der Waals surface area contributed by atoms with Gasteiger partial charge in [-0.2, -0.15) is 5.10 Å². The van der Waals surface area contributed by atoms with Gasteiger partial charge in [0.15, 0.2) is 0 Å². The molecule has 5 aromatic rings. The highest BCUT2D eigenvalue weighted by Crippen LogP contribution is 2.30. The summed E-state index contributed by atoms with van der Waals surface area (Å²) in [6.07, 6.45) is 5.04. The highest BCUT2D eigenvalue weighted by atomic mass is 35.5. The molecule has 0 aliphatic heterocycles. The number of carbonyl (C=O) groups is 1. The number of nitrogens with zero attached hydrogens (tertiary/aromatic N) is 4. The van der Waals surface area contributed by atoms with Gasteiger partial charge in [-0.3, -0.25) is 19.4 Å². The van der Waals surface area contributed by atoms with Crippen molar-refractivity contribution in [3.8, 4) is 17.0 Å². The van der Waals surface area contributed by atoms with E-state index in [0.717, 1.165) is 22.0 Å². The second kappa shape index (κ2) is 9.33. The molecule has 0 fully saturated rings. The number of fused-ring (bicyclic) bond motifs is 1. The van der Waals surface area contributed by atoms with Gasteiger partial charge >= 0.3 is 0 Å². The standard InChI is InChI=1S/C26H20ClN5O2/c1-32-25(27)21(24(31-32)17-10-12-28-13-11-17)16-34-23-9-5-3-7-20(23)26(33)30-19-14-18-6-2-4-8-22(18)29-15-19/h2-15H,16H2,1H3,(H,30,33). The number of pyridine rings is 2. The summed E-state index contributed by atoms with van der Waals surface area (Å²) in [7, 11) is 1.77. The lowest BCUT2D eigenvalue weighted by molar-refractivity contribution is 0.102. The van der Waals surface area contributed by atoms with Gasteiger partial charge < -0.3 is 10.1 Å². The van der Waals surface area contributed by atoms with Crippen molar-refractivity contribution in [2.24, 2.45) is 7.05 Å². The molecule has 0 unspecified atom stereocenters. The number of rotatable bonds is 6. The Morgan fingerprint density at radius 3 is 2.68 bits per heavy atom. The van der Waals surface area contributed by atoms with E-state index in [1.54, 1.807) is 48.5 Å². The Morgan fingerprint density at radius 2 is 1.82 bits per heavy atom. The normalized spacial score (nSPS) is 10.9. The molecule has 3 aromatic heterocycles. The number of halogens is 1. The van der Waals surface area contributed by atoms with E-state index in [1.807, 2.05) is 48.5 Å². The van der Waals surface area contributed by atoms with Crippen LogP contribution >= 0.6 is 11.6 Å². The summed E-state index contributed by atoms with van der Waals surface area (Å²) in [5.74, 6) is 0.147. The molecule has 5 rings (SSSR count). The molecule has 168 valence electrons. The van der Waals surface area contributed by atoms with Crippen LogP contribution < -0.4 is 10.1 Å². The molecule has 0 saturated heterocycles. The van der Waals surface area contributed by atoms with E-state index in [1.165, 1.54) is 0 Å². The van der Waals surface area contributed by atoms with Crippen molar-refractivity contribution in [3.63, 3.8) is 0 Å². The minimum absolute atomic E-state index is 0.145. The van der Waals surface area contributed by atoms with Crippen LogP contribution in [-0.2, 0) is 13.7 Å². The Morgan fingerprint density at radius 1 is 1.06 bits per heavy atom. The Balaban J connectivity index is 1.38. The first-order valence-electron chi connectivity index (χ1n) is 10.6. The second-order valence-electron chi connectivity index (χ2n) is 7.63. The number of anilines is 1. The number of benzene rings is 2. The summed E-state index contributed by atoms with van der Waals surface area (Å²) in [6.45, 7) is 0.145. The lowest BCUT2D eigenvalue weighted by atomic mass is 10.1. The van der Waals surface area contributed by atoms with Gasteiger partial charge in [-0.05, 0) is 36.4 Å².